The molecule has 6 nitrogen and oxygen atoms in total. The first-order valence-electron chi connectivity index (χ1n) is 11.3. The largest absolute Gasteiger partial charge is 0.331 e. The molecular weight excluding hydrogens is 384 g/mol. The van der Waals surface area contributed by atoms with Crippen LogP contribution in [0, 0.1) is 0 Å². The second-order valence-electron chi connectivity index (χ2n) is 9.39. The average molecular weight is 413 g/mol. The highest BCUT2D eigenvalue weighted by Crippen LogP contribution is 2.44. The lowest BCUT2D eigenvalue weighted by Gasteiger charge is -2.24. The first-order chi connectivity index (χ1) is 15.1. The highest BCUT2D eigenvalue weighted by molar-refractivity contribution is 5.82. The summed E-state index contributed by atoms with van der Waals surface area (Å²) in [6, 6.07) is 13.2. The third-order valence-corrected chi connectivity index (χ3v) is 7.11. The molecule has 31 heavy (non-hydrogen) atoms. The number of hydrogen-bond acceptors (Lipinski definition) is 4. The van der Waals surface area contributed by atoms with Crippen LogP contribution < -0.4 is 0 Å². The summed E-state index contributed by atoms with van der Waals surface area (Å²) in [5, 5.41) is 6.13. The van der Waals surface area contributed by atoms with Crippen molar-refractivity contribution in [2.75, 3.05) is 13.1 Å². The monoisotopic (exact) mass is 412 g/mol. The van der Waals surface area contributed by atoms with Crippen LogP contribution in [0.3, 0.4) is 0 Å². The Morgan fingerprint density at radius 1 is 1.06 bits per heavy atom. The van der Waals surface area contributed by atoms with E-state index < -0.39 is 0 Å². The van der Waals surface area contributed by atoms with Crippen molar-refractivity contribution >= 4 is 10.9 Å². The standard InChI is InChI=1S/C25H28N6/c1-18(2)30-12-9-26-24(30)16-29-10-7-25(17-29)8-11-31-23(25)14-22(28-31)20-13-19-5-3-4-6-21(19)27-15-20/h3-6,9,12-15,18H,7-8,10-11,16-17H2,1-2H3. The minimum absolute atomic E-state index is 0.213. The first kappa shape index (κ1) is 18.8. The van der Waals surface area contributed by atoms with Gasteiger partial charge in [-0.1, -0.05) is 18.2 Å². The number of benzene rings is 1. The van der Waals surface area contributed by atoms with Gasteiger partial charge >= 0.3 is 0 Å². The molecule has 6 rings (SSSR count). The summed E-state index contributed by atoms with van der Waals surface area (Å²) in [7, 11) is 0. The van der Waals surface area contributed by atoms with E-state index in [2.05, 4.69) is 74.5 Å². The lowest BCUT2D eigenvalue weighted by Crippen LogP contribution is -2.29. The molecule has 1 atom stereocenters. The Kier molecular flexibility index (Phi) is 4.25. The summed E-state index contributed by atoms with van der Waals surface area (Å²) < 4.78 is 4.53. The molecule has 0 N–H and O–H groups in total. The van der Waals surface area contributed by atoms with E-state index in [1.165, 1.54) is 24.4 Å². The van der Waals surface area contributed by atoms with Gasteiger partial charge in [-0.25, -0.2) is 4.98 Å². The van der Waals surface area contributed by atoms with E-state index >= 15 is 0 Å². The molecule has 2 aliphatic heterocycles. The zero-order chi connectivity index (χ0) is 21.0. The van der Waals surface area contributed by atoms with Crippen molar-refractivity contribution in [2.45, 2.75) is 51.2 Å². The summed E-state index contributed by atoms with van der Waals surface area (Å²) in [5.41, 5.74) is 4.78. The summed E-state index contributed by atoms with van der Waals surface area (Å²) in [4.78, 5) is 11.8. The van der Waals surface area contributed by atoms with Gasteiger partial charge < -0.3 is 4.57 Å². The van der Waals surface area contributed by atoms with E-state index in [1.807, 2.05) is 18.5 Å². The van der Waals surface area contributed by atoms with Crippen LogP contribution in [0.2, 0.25) is 0 Å². The predicted octanol–water partition coefficient (Wildman–Crippen LogP) is 4.42. The molecule has 0 aliphatic carbocycles. The van der Waals surface area contributed by atoms with E-state index in [0.717, 1.165) is 48.3 Å². The van der Waals surface area contributed by atoms with Crippen molar-refractivity contribution in [3.63, 3.8) is 0 Å². The van der Waals surface area contributed by atoms with Crippen LogP contribution in [-0.4, -0.2) is 42.3 Å². The topological polar surface area (TPSA) is 51.8 Å². The van der Waals surface area contributed by atoms with E-state index in [1.54, 1.807) is 0 Å². The molecule has 0 bridgehead atoms. The van der Waals surface area contributed by atoms with Crippen molar-refractivity contribution in [2.24, 2.45) is 0 Å². The molecule has 1 saturated heterocycles. The zero-order valence-electron chi connectivity index (χ0n) is 18.2. The van der Waals surface area contributed by atoms with Crippen molar-refractivity contribution in [1.82, 2.24) is 29.2 Å². The maximum Gasteiger partial charge on any atom is 0.123 e. The zero-order valence-corrected chi connectivity index (χ0v) is 18.2. The van der Waals surface area contributed by atoms with Crippen molar-refractivity contribution < 1.29 is 0 Å². The Labute approximate surface area is 182 Å². The van der Waals surface area contributed by atoms with Gasteiger partial charge in [-0.2, -0.15) is 5.10 Å². The molecule has 1 aromatic carbocycles. The molecule has 1 unspecified atom stereocenters. The quantitative estimate of drug-likeness (QED) is 0.498. The number of para-hydroxylation sites is 1. The Morgan fingerprint density at radius 3 is 2.84 bits per heavy atom. The van der Waals surface area contributed by atoms with Gasteiger partial charge in [-0.3, -0.25) is 14.6 Å². The van der Waals surface area contributed by atoms with E-state index in [-0.39, 0.29) is 5.41 Å². The van der Waals surface area contributed by atoms with Crippen LogP contribution in [-0.2, 0) is 18.5 Å². The molecule has 3 aromatic heterocycles. The Hall–Kier alpha value is -2.99. The molecule has 0 amide bonds. The van der Waals surface area contributed by atoms with E-state index in [9.17, 15) is 0 Å². The number of aryl methyl sites for hydroxylation is 1. The second kappa shape index (κ2) is 7.02. The molecular formula is C25H28N6. The number of rotatable bonds is 4. The number of nitrogens with zero attached hydrogens (tertiary/aromatic N) is 6. The fourth-order valence-electron chi connectivity index (χ4n) is 5.46. The van der Waals surface area contributed by atoms with Gasteiger partial charge in [-0.15, -0.1) is 0 Å². The SMILES string of the molecule is CC(C)n1ccnc1CN1CCC2(CCn3nc(-c4cnc5ccccc5c4)cc32)C1. The maximum absolute atomic E-state index is 4.97. The van der Waals surface area contributed by atoms with Crippen molar-refractivity contribution in [3.05, 3.63) is 66.5 Å². The van der Waals surface area contributed by atoms with Gasteiger partial charge in [0.2, 0.25) is 0 Å². The van der Waals surface area contributed by atoms with Crippen LogP contribution in [0.1, 0.15) is 44.2 Å². The van der Waals surface area contributed by atoms with Crippen LogP contribution >= 0.6 is 0 Å². The molecule has 5 heterocycles. The van der Waals surface area contributed by atoms with Crippen LogP contribution in [0.5, 0.6) is 0 Å². The lowest BCUT2D eigenvalue weighted by molar-refractivity contribution is 0.288. The maximum atomic E-state index is 4.97. The molecule has 1 spiro atoms. The van der Waals surface area contributed by atoms with Gasteiger partial charge in [0.05, 0.1) is 17.8 Å². The van der Waals surface area contributed by atoms with Crippen LogP contribution in [0.4, 0.5) is 0 Å². The highest BCUT2D eigenvalue weighted by atomic mass is 15.3. The van der Waals surface area contributed by atoms with Gasteiger partial charge in [0.25, 0.3) is 0 Å². The molecule has 158 valence electrons. The van der Waals surface area contributed by atoms with E-state index in [0.29, 0.717) is 6.04 Å². The minimum atomic E-state index is 0.213. The van der Waals surface area contributed by atoms with Crippen molar-refractivity contribution in [1.29, 1.82) is 0 Å². The summed E-state index contributed by atoms with van der Waals surface area (Å²) in [6.45, 7) is 8.56. The average Bonchev–Trinajstić information content (AvgIpc) is 3.55. The minimum Gasteiger partial charge on any atom is -0.331 e. The molecule has 2 aliphatic rings. The molecule has 6 heteroatoms. The van der Waals surface area contributed by atoms with E-state index in [4.69, 9.17) is 5.10 Å². The number of fused-ring (bicyclic) bond motifs is 3. The fourth-order valence-corrected chi connectivity index (χ4v) is 5.46. The second-order valence-corrected chi connectivity index (χ2v) is 9.39. The molecule has 0 saturated carbocycles. The summed E-state index contributed by atoms with van der Waals surface area (Å²) in [5.74, 6) is 1.17. The smallest absolute Gasteiger partial charge is 0.123 e. The fraction of sp³-hybridized carbons (Fsp3) is 0.400. The third-order valence-electron chi connectivity index (χ3n) is 7.11. The summed E-state index contributed by atoms with van der Waals surface area (Å²) in [6.07, 6.45) is 8.35. The van der Waals surface area contributed by atoms with Gasteiger partial charge in [0.15, 0.2) is 0 Å². The van der Waals surface area contributed by atoms with Gasteiger partial charge in [-0.05, 0) is 51.4 Å². The first-order valence-corrected chi connectivity index (χ1v) is 11.3. The number of imidazole rings is 1. The van der Waals surface area contributed by atoms with Crippen LogP contribution in [0.25, 0.3) is 22.2 Å². The number of aromatic nitrogens is 5. The van der Waals surface area contributed by atoms with Crippen LogP contribution in [0.15, 0.2) is 55.0 Å². The number of hydrogen-bond donors (Lipinski definition) is 0. The highest BCUT2D eigenvalue weighted by Gasteiger charge is 2.45. The molecule has 1 fully saturated rings. The summed E-state index contributed by atoms with van der Waals surface area (Å²) >= 11 is 0. The van der Waals surface area contributed by atoms with Gasteiger partial charge in [0, 0.05) is 59.8 Å². The number of likely N-dealkylation sites (tertiary alicyclic amines) is 1. The normalized spacial score (nSPS) is 21.0. The molecule has 0 radical (unpaired) electrons. The lowest BCUT2D eigenvalue weighted by atomic mass is 9.82. The Bertz CT molecular complexity index is 1250. The number of pyridine rings is 1. The third kappa shape index (κ3) is 3.08. The van der Waals surface area contributed by atoms with Crippen molar-refractivity contribution in [3.8, 4) is 11.3 Å². The Balaban J connectivity index is 1.26. The van der Waals surface area contributed by atoms with Gasteiger partial charge in [0.1, 0.15) is 5.82 Å². The Morgan fingerprint density at radius 2 is 1.94 bits per heavy atom. The molecule has 4 aromatic rings. The predicted molar refractivity (Wildman–Crippen MR) is 122 cm³/mol.